The number of ether oxygens (including phenoxy) is 1. The molecule has 3 heterocycles. The standard InChI is InChI=1S/C17H23N3O4/c1-9-11-6-7-20(16(11)19-8-18-9)17-14(23)13(22)15(24-17)12(21)10-4-2-3-5-10/h6-8,10,12-15,17,21-23H,2-5H2,1H3/t12-,13+,14-,15-,17-/m1/s1. The first-order valence-corrected chi connectivity index (χ1v) is 8.55. The first-order valence-electron chi connectivity index (χ1n) is 8.55. The molecule has 7 nitrogen and oxygen atoms in total. The van der Waals surface area contributed by atoms with E-state index in [4.69, 9.17) is 4.74 Å². The number of aliphatic hydroxyl groups is 3. The molecule has 24 heavy (non-hydrogen) atoms. The summed E-state index contributed by atoms with van der Waals surface area (Å²) in [5.74, 6) is 0.126. The van der Waals surface area contributed by atoms with Crippen molar-refractivity contribution < 1.29 is 20.1 Å². The number of aliphatic hydroxyl groups excluding tert-OH is 3. The van der Waals surface area contributed by atoms with Gasteiger partial charge < -0.3 is 24.6 Å². The fourth-order valence-electron chi connectivity index (χ4n) is 4.07. The summed E-state index contributed by atoms with van der Waals surface area (Å²) < 4.78 is 7.61. The number of fused-ring (bicyclic) bond motifs is 1. The van der Waals surface area contributed by atoms with Gasteiger partial charge >= 0.3 is 0 Å². The fourth-order valence-corrected chi connectivity index (χ4v) is 4.07. The second kappa shape index (κ2) is 6.07. The molecule has 7 heteroatoms. The van der Waals surface area contributed by atoms with Gasteiger partial charge in [0.2, 0.25) is 0 Å². The molecule has 2 fully saturated rings. The molecule has 2 aromatic heterocycles. The molecular formula is C17H23N3O4. The van der Waals surface area contributed by atoms with Gasteiger partial charge in [-0.05, 0) is 31.7 Å². The van der Waals surface area contributed by atoms with Crippen LogP contribution >= 0.6 is 0 Å². The molecule has 1 saturated carbocycles. The molecule has 0 bridgehead atoms. The van der Waals surface area contributed by atoms with Crippen LogP contribution < -0.4 is 0 Å². The van der Waals surface area contributed by atoms with Crippen molar-refractivity contribution in [2.24, 2.45) is 5.92 Å². The quantitative estimate of drug-likeness (QED) is 0.772. The number of hydrogen-bond acceptors (Lipinski definition) is 6. The third-order valence-electron chi connectivity index (χ3n) is 5.48. The fraction of sp³-hybridized carbons (Fsp3) is 0.647. The maximum absolute atomic E-state index is 10.6. The van der Waals surface area contributed by atoms with Crippen LogP contribution in [0.25, 0.3) is 11.0 Å². The molecule has 0 radical (unpaired) electrons. The third-order valence-corrected chi connectivity index (χ3v) is 5.48. The van der Waals surface area contributed by atoms with Crippen LogP contribution in [0.2, 0.25) is 0 Å². The Morgan fingerprint density at radius 1 is 1.21 bits per heavy atom. The first-order chi connectivity index (χ1) is 11.6. The lowest BCUT2D eigenvalue weighted by Crippen LogP contribution is -2.41. The number of hydrogen-bond donors (Lipinski definition) is 3. The summed E-state index contributed by atoms with van der Waals surface area (Å²) in [7, 11) is 0. The van der Waals surface area contributed by atoms with Crippen molar-refractivity contribution in [2.45, 2.75) is 63.3 Å². The first kappa shape index (κ1) is 16.0. The Labute approximate surface area is 139 Å². The van der Waals surface area contributed by atoms with Crippen LogP contribution in [0.5, 0.6) is 0 Å². The van der Waals surface area contributed by atoms with Crippen LogP contribution in [0.4, 0.5) is 0 Å². The summed E-state index contributed by atoms with van der Waals surface area (Å²) >= 11 is 0. The number of aryl methyl sites for hydroxylation is 1. The van der Waals surface area contributed by atoms with Crippen molar-refractivity contribution in [1.82, 2.24) is 14.5 Å². The van der Waals surface area contributed by atoms with Crippen molar-refractivity contribution in [1.29, 1.82) is 0 Å². The Balaban J connectivity index is 1.62. The average Bonchev–Trinajstić information content (AvgIpc) is 3.29. The Morgan fingerprint density at radius 3 is 2.71 bits per heavy atom. The van der Waals surface area contributed by atoms with E-state index in [0.717, 1.165) is 36.8 Å². The Morgan fingerprint density at radius 2 is 1.96 bits per heavy atom. The van der Waals surface area contributed by atoms with Crippen LogP contribution in [0.3, 0.4) is 0 Å². The second-order valence-electron chi connectivity index (χ2n) is 6.93. The van der Waals surface area contributed by atoms with E-state index in [2.05, 4.69) is 9.97 Å². The van der Waals surface area contributed by atoms with Gasteiger partial charge in [-0.2, -0.15) is 0 Å². The highest BCUT2D eigenvalue weighted by atomic mass is 16.6. The van der Waals surface area contributed by atoms with Crippen LogP contribution in [-0.2, 0) is 4.74 Å². The summed E-state index contributed by atoms with van der Waals surface area (Å²) in [6, 6.07) is 1.87. The Bertz CT molecular complexity index is 728. The molecule has 0 aromatic carbocycles. The van der Waals surface area contributed by atoms with E-state index >= 15 is 0 Å². The molecule has 130 valence electrons. The van der Waals surface area contributed by atoms with Crippen molar-refractivity contribution in [3.05, 3.63) is 24.3 Å². The zero-order valence-electron chi connectivity index (χ0n) is 13.6. The Hall–Kier alpha value is -1.54. The highest BCUT2D eigenvalue weighted by molar-refractivity contribution is 5.78. The van der Waals surface area contributed by atoms with Gasteiger partial charge in [0, 0.05) is 11.6 Å². The molecule has 0 amide bonds. The van der Waals surface area contributed by atoms with E-state index in [9.17, 15) is 15.3 Å². The summed E-state index contributed by atoms with van der Waals surface area (Å²) in [6.07, 6.45) is 2.75. The van der Waals surface area contributed by atoms with Crippen LogP contribution in [0.1, 0.15) is 37.6 Å². The number of rotatable bonds is 3. The molecule has 0 unspecified atom stereocenters. The molecule has 1 aliphatic heterocycles. The number of nitrogens with zero attached hydrogens (tertiary/aromatic N) is 3. The highest BCUT2D eigenvalue weighted by Gasteiger charge is 2.48. The Kier molecular flexibility index (Phi) is 4.04. The largest absolute Gasteiger partial charge is 0.390 e. The van der Waals surface area contributed by atoms with Crippen LogP contribution in [0, 0.1) is 12.8 Å². The van der Waals surface area contributed by atoms with E-state index < -0.39 is 30.6 Å². The van der Waals surface area contributed by atoms with Gasteiger partial charge in [0.1, 0.15) is 30.3 Å². The SMILES string of the molecule is Cc1ncnc2c1ccn2[C@@H]1O[C@H]([C@H](O)C2CCCC2)[C@@H](O)[C@H]1O. The van der Waals surface area contributed by atoms with Gasteiger partial charge in [-0.15, -0.1) is 0 Å². The van der Waals surface area contributed by atoms with Gasteiger partial charge in [0.15, 0.2) is 6.23 Å². The lowest BCUT2D eigenvalue weighted by Gasteiger charge is -2.25. The minimum atomic E-state index is -1.12. The molecule has 1 aliphatic carbocycles. The molecule has 2 aliphatic rings. The van der Waals surface area contributed by atoms with E-state index in [1.165, 1.54) is 6.33 Å². The molecule has 0 spiro atoms. The normalized spacial score (nSPS) is 32.7. The van der Waals surface area contributed by atoms with Gasteiger partial charge in [-0.3, -0.25) is 0 Å². The van der Waals surface area contributed by atoms with Crippen molar-refractivity contribution in [3.63, 3.8) is 0 Å². The average molecular weight is 333 g/mol. The summed E-state index contributed by atoms with van der Waals surface area (Å²) in [5, 5.41) is 32.3. The van der Waals surface area contributed by atoms with Crippen molar-refractivity contribution in [2.75, 3.05) is 0 Å². The predicted molar refractivity (Wildman–Crippen MR) is 86.2 cm³/mol. The van der Waals surface area contributed by atoms with Crippen LogP contribution in [-0.4, -0.2) is 54.3 Å². The lowest BCUT2D eigenvalue weighted by atomic mass is 9.93. The van der Waals surface area contributed by atoms with Gasteiger partial charge in [-0.25, -0.2) is 9.97 Å². The van der Waals surface area contributed by atoms with E-state index in [-0.39, 0.29) is 5.92 Å². The molecular weight excluding hydrogens is 310 g/mol. The molecule has 4 rings (SSSR count). The van der Waals surface area contributed by atoms with Crippen LogP contribution in [0.15, 0.2) is 18.6 Å². The maximum atomic E-state index is 10.6. The van der Waals surface area contributed by atoms with Gasteiger partial charge in [0.05, 0.1) is 11.8 Å². The monoisotopic (exact) mass is 333 g/mol. The van der Waals surface area contributed by atoms with E-state index in [1.807, 2.05) is 13.0 Å². The summed E-state index contributed by atoms with van der Waals surface area (Å²) in [5.41, 5.74) is 1.49. The molecule has 3 N–H and O–H groups in total. The number of aromatic nitrogens is 3. The van der Waals surface area contributed by atoms with Crippen molar-refractivity contribution in [3.8, 4) is 0 Å². The maximum Gasteiger partial charge on any atom is 0.164 e. The van der Waals surface area contributed by atoms with Crippen molar-refractivity contribution >= 4 is 11.0 Å². The predicted octanol–water partition coefficient (Wildman–Crippen LogP) is 0.910. The topological polar surface area (TPSA) is 101 Å². The van der Waals surface area contributed by atoms with E-state index in [0.29, 0.717) is 5.65 Å². The second-order valence-corrected chi connectivity index (χ2v) is 6.93. The van der Waals surface area contributed by atoms with Gasteiger partial charge in [-0.1, -0.05) is 12.8 Å². The zero-order valence-corrected chi connectivity index (χ0v) is 13.6. The molecule has 1 saturated heterocycles. The minimum Gasteiger partial charge on any atom is -0.390 e. The summed E-state index contributed by atoms with van der Waals surface area (Å²) in [6.45, 7) is 1.89. The van der Waals surface area contributed by atoms with E-state index in [1.54, 1.807) is 10.8 Å². The lowest BCUT2D eigenvalue weighted by molar-refractivity contribution is -0.0997. The summed E-state index contributed by atoms with van der Waals surface area (Å²) in [4.78, 5) is 8.43. The minimum absolute atomic E-state index is 0.126. The zero-order chi connectivity index (χ0) is 16.8. The highest BCUT2D eigenvalue weighted by Crippen LogP contribution is 2.38. The molecule has 2 aromatic rings. The van der Waals surface area contributed by atoms with Gasteiger partial charge in [0.25, 0.3) is 0 Å². The smallest absolute Gasteiger partial charge is 0.164 e. The third kappa shape index (κ3) is 2.43. The molecule has 5 atom stereocenters.